The topological polar surface area (TPSA) is 0 Å². The van der Waals surface area contributed by atoms with Crippen molar-refractivity contribution in [1.29, 1.82) is 0 Å². The van der Waals surface area contributed by atoms with Gasteiger partial charge in [-0.3, -0.25) is 0 Å². The molecule has 0 saturated heterocycles. The first kappa shape index (κ1) is 25.0. The smallest absolute Gasteiger partial charge is 1.00 e. The molecule has 2 aliphatic rings. The summed E-state index contributed by atoms with van der Waals surface area (Å²) in [6.07, 6.45) is 7.91. The van der Waals surface area contributed by atoms with Gasteiger partial charge < -0.3 is 24.8 Å². The number of allylic oxidation sites excluding steroid dienone is 4. The Morgan fingerprint density at radius 2 is 1.38 bits per heavy atom. The molecule has 1 unspecified atom stereocenters. The van der Waals surface area contributed by atoms with E-state index in [1.807, 2.05) is 0 Å². The van der Waals surface area contributed by atoms with Gasteiger partial charge in [-0.05, 0) is 55.6 Å². The van der Waals surface area contributed by atoms with Gasteiger partial charge >= 0.3 is 26.2 Å². The van der Waals surface area contributed by atoms with E-state index in [0.717, 1.165) is 6.42 Å². The number of rotatable bonds is 2. The van der Waals surface area contributed by atoms with Gasteiger partial charge in [0.1, 0.15) is 0 Å². The maximum absolute atomic E-state index is 2.44. The van der Waals surface area contributed by atoms with E-state index in [-0.39, 0.29) is 56.4 Å². The van der Waals surface area contributed by atoms with E-state index in [2.05, 4.69) is 105 Å². The van der Waals surface area contributed by atoms with Crippen LogP contribution in [0, 0.1) is 5.41 Å². The maximum atomic E-state index is 2.44. The third-order valence-corrected chi connectivity index (χ3v) is 7.12. The van der Waals surface area contributed by atoms with Crippen molar-refractivity contribution < 1.29 is 51.0 Å². The van der Waals surface area contributed by atoms with Crippen LogP contribution in [0.2, 0.25) is 0 Å². The number of hydrogen-bond acceptors (Lipinski definition) is 0. The second-order valence-corrected chi connectivity index (χ2v) is 8.98. The summed E-state index contributed by atoms with van der Waals surface area (Å²) in [5, 5.41) is 5.43. The molecule has 0 amide bonds. The second kappa shape index (κ2) is 9.30. The molecule has 0 aliphatic heterocycles. The quantitative estimate of drug-likeness (QED) is 0.369. The zero-order chi connectivity index (χ0) is 19.6. The molecule has 0 nitrogen and oxygen atoms in total. The predicted octanol–water partition coefficient (Wildman–Crippen LogP) is 2.02. The van der Waals surface area contributed by atoms with Crippen molar-refractivity contribution in [2.45, 2.75) is 26.2 Å². The van der Waals surface area contributed by atoms with Crippen LogP contribution in [0.1, 0.15) is 37.3 Å². The third-order valence-electron chi connectivity index (χ3n) is 7.12. The summed E-state index contributed by atoms with van der Waals surface area (Å²) in [4.78, 5) is 0. The van der Waals surface area contributed by atoms with E-state index in [9.17, 15) is 0 Å². The largest absolute Gasteiger partial charge is 2.00 e. The van der Waals surface area contributed by atoms with Gasteiger partial charge in [-0.15, -0.1) is 0 Å². The molecule has 0 fully saturated rings. The molecule has 0 spiro atoms. The molecule has 0 radical (unpaired) electrons. The molecule has 158 valence electrons. The van der Waals surface area contributed by atoms with Crippen LogP contribution in [0.15, 0.2) is 96.6 Å². The molecule has 32 heavy (non-hydrogen) atoms. The average molecular weight is 535 g/mol. The number of fused-ring (bicyclic) bond motifs is 7. The molecular weight excluding hydrogens is 510 g/mol. The fraction of sp³-hybridized carbons (Fsp3) is 0.172. The van der Waals surface area contributed by atoms with Gasteiger partial charge in [-0.2, -0.15) is 0 Å². The number of hydrogen-bond donors (Lipinski definition) is 0. The molecular formula is C29H24Cl2Zr. The molecule has 4 aromatic rings. The molecule has 0 N–H and O–H groups in total. The van der Waals surface area contributed by atoms with Gasteiger partial charge in [0.2, 0.25) is 0 Å². The minimum Gasteiger partial charge on any atom is -1.00 e. The van der Waals surface area contributed by atoms with E-state index in [4.69, 9.17) is 0 Å². The van der Waals surface area contributed by atoms with Crippen LogP contribution in [0.3, 0.4) is 0 Å². The van der Waals surface area contributed by atoms with Crippen LogP contribution < -0.4 is 24.8 Å². The summed E-state index contributed by atoms with van der Waals surface area (Å²) in [7, 11) is 0. The monoisotopic (exact) mass is 532 g/mol. The summed E-state index contributed by atoms with van der Waals surface area (Å²) in [6.45, 7) is 4.87. The Balaban J connectivity index is 0.000000963. The minimum absolute atomic E-state index is 0. The third kappa shape index (κ3) is 3.54. The Labute approximate surface area is 221 Å². The fourth-order valence-corrected chi connectivity index (χ4v) is 5.67. The van der Waals surface area contributed by atoms with Gasteiger partial charge in [-0.25, -0.2) is 0 Å². The fourth-order valence-electron chi connectivity index (χ4n) is 5.67. The van der Waals surface area contributed by atoms with Crippen molar-refractivity contribution in [1.82, 2.24) is 0 Å². The van der Waals surface area contributed by atoms with Crippen LogP contribution in [0.4, 0.5) is 0 Å². The summed E-state index contributed by atoms with van der Waals surface area (Å²) in [6, 6.07) is 27.1. The van der Waals surface area contributed by atoms with Crippen LogP contribution in [0.5, 0.6) is 0 Å². The molecule has 0 saturated carbocycles. The molecule has 1 atom stereocenters. The van der Waals surface area contributed by atoms with Crippen molar-refractivity contribution in [3.63, 3.8) is 0 Å². The Bertz CT molecular complexity index is 1360. The van der Waals surface area contributed by atoms with E-state index in [0.29, 0.717) is 5.92 Å². The normalized spacial score (nSPS) is 15.9. The Kier molecular flexibility index (Phi) is 7.26. The predicted molar refractivity (Wildman–Crippen MR) is 124 cm³/mol. The first-order valence-corrected chi connectivity index (χ1v) is 10.6. The summed E-state index contributed by atoms with van der Waals surface area (Å²) in [5.41, 5.74) is 7.42. The van der Waals surface area contributed by atoms with Crippen molar-refractivity contribution in [3.05, 3.63) is 108 Å². The molecule has 0 bridgehead atoms. The van der Waals surface area contributed by atoms with Gasteiger partial charge in [0, 0.05) is 5.92 Å². The molecule has 4 aromatic carbocycles. The van der Waals surface area contributed by atoms with Crippen LogP contribution in [-0.4, -0.2) is 0 Å². The van der Waals surface area contributed by atoms with E-state index >= 15 is 0 Å². The van der Waals surface area contributed by atoms with Crippen LogP contribution in [-0.2, 0) is 26.2 Å². The first-order valence-electron chi connectivity index (χ1n) is 10.6. The van der Waals surface area contributed by atoms with Gasteiger partial charge in [-0.1, -0.05) is 110 Å². The molecule has 0 heterocycles. The second-order valence-electron chi connectivity index (χ2n) is 8.98. The van der Waals surface area contributed by atoms with Gasteiger partial charge in [0.25, 0.3) is 0 Å². The number of benzene rings is 4. The van der Waals surface area contributed by atoms with Crippen LogP contribution >= 0.6 is 0 Å². The minimum atomic E-state index is 0. The van der Waals surface area contributed by atoms with E-state index < -0.39 is 0 Å². The van der Waals surface area contributed by atoms with E-state index in [1.54, 1.807) is 0 Å². The zero-order valence-electron chi connectivity index (χ0n) is 18.2. The van der Waals surface area contributed by atoms with Crippen LogP contribution in [0.25, 0.3) is 32.7 Å². The van der Waals surface area contributed by atoms with Crippen molar-refractivity contribution in [2.75, 3.05) is 0 Å². The SMILES string of the molecule is CC(C)(C1=CC=CC1)C1c2ccc3ccccc3c2-c2ccc3ccccc3c21.[Cl-].[Cl-].[Zr+2]. The Morgan fingerprint density at radius 3 is 2.06 bits per heavy atom. The van der Waals surface area contributed by atoms with Gasteiger partial charge in [0.05, 0.1) is 0 Å². The molecule has 2 aliphatic carbocycles. The summed E-state index contributed by atoms with van der Waals surface area (Å²) >= 11 is 0. The van der Waals surface area contributed by atoms with Crippen molar-refractivity contribution in [2.24, 2.45) is 5.41 Å². The van der Waals surface area contributed by atoms with Crippen molar-refractivity contribution in [3.8, 4) is 11.1 Å². The average Bonchev–Trinajstić information content (AvgIpc) is 3.41. The van der Waals surface area contributed by atoms with Crippen molar-refractivity contribution >= 4 is 21.5 Å². The molecule has 0 aromatic heterocycles. The standard InChI is InChI=1S/C29H24.2ClH.Zr/c1-29(2,21-11-5-6-12-21)28-25-18-16-19-9-3-7-13-22(19)26(25)24-17-15-20-10-4-8-14-23(20)27(24)28;;;/h3-11,13-18,28H,12H2,1-2H3;2*1H;/q;;;+2/p-2. The summed E-state index contributed by atoms with van der Waals surface area (Å²) in [5.74, 6) is 0.356. The first-order chi connectivity index (χ1) is 14.2. The number of halogens is 2. The maximum Gasteiger partial charge on any atom is 2.00 e. The summed E-state index contributed by atoms with van der Waals surface area (Å²) < 4.78 is 0. The Hall–Kier alpha value is -1.66. The van der Waals surface area contributed by atoms with Gasteiger partial charge in [0.15, 0.2) is 0 Å². The van der Waals surface area contributed by atoms with E-state index in [1.165, 1.54) is 49.4 Å². The zero-order valence-corrected chi connectivity index (χ0v) is 22.2. The molecule has 6 rings (SSSR count). The Morgan fingerprint density at radius 1 is 0.750 bits per heavy atom. The molecule has 3 heteroatoms.